The fraction of sp³-hybridized carbons (Fsp3) is 0.714. The maximum Gasteiger partial charge on any atom is 0.111 e. The second-order valence-corrected chi connectivity index (χ2v) is 1.68. The van der Waals surface area contributed by atoms with Crippen LogP contribution < -0.4 is 0 Å². The van der Waals surface area contributed by atoms with Gasteiger partial charge >= 0.3 is 0 Å². The summed E-state index contributed by atoms with van der Waals surface area (Å²) in [5.74, 6) is 2.31. The van der Waals surface area contributed by atoms with Gasteiger partial charge in [0.05, 0.1) is 19.8 Å². The smallest absolute Gasteiger partial charge is 0.111 e. The molecular weight excluding hydrogens is 151 g/mol. The van der Waals surface area contributed by atoms with Gasteiger partial charge in [-0.1, -0.05) is 5.92 Å². The zero-order valence-corrected chi connectivity index (χ0v) is 6.22. The zero-order chi connectivity index (χ0) is 8.36. The van der Waals surface area contributed by atoms with E-state index in [0.29, 0.717) is 13.2 Å². The summed E-state index contributed by atoms with van der Waals surface area (Å²) < 4.78 is 20.7. The average molecular weight is 162 g/mol. The first-order chi connectivity index (χ1) is 5.41. The van der Waals surface area contributed by atoms with Crippen LogP contribution in [-0.2, 0) is 14.4 Å². The third-order valence-electron chi connectivity index (χ3n) is 0.862. The fourth-order valence-electron chi connectivity index (χ4n) is 0.441. The van der Waals surface area contributed by atoms with Gasteiger partial charge < -0.3 is 9.47 Å². The van der Waals surface area contributed by atoms with Crippen LogP contribution in [0.5, 0.6) is 0 Å². The van der Waals surface area contributed by atoms with Gasteiger partial charge in [0.25, 0.3) is 0 Å². The minimum atomic E-state index is -0.0465. The van der Waals surface area contributed by atoms with Gasteiger partial charge in [-0.25, -0.2) is 0 Å². The van der Waals surface area contributed by atoms with Gasteiger partial charge in [-0.15, -0.1) is 6.42 Å². The second-order valence-electron chi connectivity index (χ2n) is 1.68. The average Bonchev–Trinajstić information content (AvgIpc) is 2.03. The van der Waals surface area contributed by atoms with Crippen molar-refractivity contribution in [2.75, 3.05) is 33.0 Å². The minimum absolute atomic E-state index is 0.0465. The molecular formula is C7H11FO3. The molecule has 0 aromatic carbocycles. The summed E-state index contributed by atoms with van der Waals surface area (Å²) in [6.07, 6.45) is 4.91. The number of ether oxygens (including phenoxy) is 2. The highest BCUT2D eigenvalue weighted by atomic mass is 19.3. The summed E-state index contributed by atoms with van der Waals surface area (Å²) in [5, 5.41) is 0. The van der Waals surface area contributed by atoms with Crippen molar-refractivity contribution >= 4 is 0 Å². The lowest BCUT2D eigenvalue weighted by Gasteiger charge is -2.00. The second kappa shape index (κ2) is 9.37. The molecule has 64 valence electrons. The highest BCUT2D eigenvalue weighted by molar-refractivity contribution is 4.82. The number of rotatable bonds is 7. The van der Waals surface area contributed by atoms with Crippen molar-refractivity contribution in [3.8, 4) is 12.3 Å². The quantitative estimate of drug-likeness (QED) is 0.404. The molecule has 0 spiro atoms. The van der Waals surface area contributed by atoms with Gasteiger partial charge in [-0.2, -0.15) is 4.94 Å². The van der Waals surface area contributed by atoms with Crippen molar-refractivity contribution < 1.29 is 18.9 Å². The van der Waals surface area contributed by atoms with Crippen LogP contribution in [0, 0.1) is 12.3 Å². The standard InChI is InChI=1S/C7H11FO3/c1-2-3-9-4-5-10-6-7-11-8/h1H,3-7H2. The largest absolute Gasteiger partial charge is 0.377 e. The Kier molecular flexibility index (Phi) is 8.83. The molecule has 0 heterocycles. The Labute approximate surface area is 65.3 Å². The molecule has 0 radical (unpaired) electrons. The Bertz CT molecular complexity index is 111. The van der Waals surface area contributed by atoms with E-state index in [1.54, 1.807) is 0 Å². The van der Waals surface area contributed by atoms with Gasteiger partial charge in [0.2, 0.25) is 0 Å². The van der Waals surface area contributed by atoms with Crippen LogP contribution >= 0.6 is 0 Å². The molecule has 11 heavy (non-hydrogen) atoms. The van der Waals surface area contributed by atoms with Crippen LogP contribution in [0.25, 0.3) is 0 Å². The molecule has 4 heteroatoms. The van der Waals surface area contributed by atoms with E-state index in [0.717, 1.165) is 0 Å². The van der Waals surface area contributed by atoms with E-state index in [1.165, 1.54) is 0 Å². The first kappa shape index (κ1) is 10.4. The molecule has 0 aromatic heterocycles. The Balaban J connectivity index is 2.75. The van der Waals surface area contributed by atoms with Crippen molar-refractivity contribution in [2.45, 2.75) is 0 Å². The molecule has 0 amide bonds. The highest BCUT2D eigenvalue weighted by Crippen LogP contribution is 1.79. The van der Waals surface area contributed by atoms with Crippen molar-refractivity contribution in [2.24, 2.45) is 0 Å². The molecule has 3 nitrogen and oxygen atoms in total. The first-order valence-electron chi connectivity index (χ1n) is 3.24. The normalized spacial score (nSPS) is 9.45. The maximum atomic E-state index is 11.0. The monoisotopic (exact) mass is 162 g/mol. The molecule has 0 saturated carbocycles. The lowest BCUT2D eigenvalue weighted by molar-refractivity contribution is -0.147. The summed E-state index contributed by atoms with van der Waals surface area (Å²) in [5.41, 5.74) is 0. The number of hydrogen-bond acceptors (Lipinski definition) is 3. The van der Waals surface area contributed by atoms with Crippen LogP contribution in [0.4, 0.5) is 4.53 Å². The molecule has 0 saturated heterocycles. The Morgan fingerprint density at radius 3 is 2.36 bits per heavy atom. The van der Waals surface area contributed by atoms with Crippen LogP contribution in [0.2, 0.25) is 0 Å². The molecule has 0 rings (SSSR count). The summed E-state index contributed by atoms with van der Waals surface area (Å²) in [4.78, 5) is 3.27. The molecule has 0 N–H and O–H groups in total. The van der Waals surface area contributed by atoms with Crippen molar-refractivity contribution in [1.29, 1.82) is 0 Å². The fourth-order valence-corrected chi connectivity index (χ4v) is 0.441. The van der Waals surface area contributed by atoms with Crippen molar-refractivity contribution in [3.05, 3.63) is 0 Å². The topological polar surface area (TPSA) is 27.7 Å². The SMILES string of the molecule is C#CCOCCOCCOF. The number of terminal acetylenes is 1. The Morgan fingerprint density at radius 2 is 1.73 bits per heavy atom. The molecule has 0 bridgehead atoms. The van der Waals surface area contributed by atoms with E-state index in [2.05, 4.69) is 10.9 Å². The van der Waals surface area contributed by atoms with Crippen LogP contribution in [0.3, 0.4) is 0 Å². The number of hydrogen-bond donors (Lipinski definition) is 0. The van der Waals surface area contributed by atoms with Crippen molar-refractivity contribution in [3.63, 3.8) is 0 Å². The molecule has 0 aliphatic carbocycles. The van der Waals surface area contributed by atoms with Crippen LogP contribution in [0.15, 0.2) is 0 Å². The molecule has 0 aliphatic heterocycles. The van der Waals surface area contributed by atoms with Gasteiger partial charge in [0, 0.05) is 0 Å². The molecule has 0 unspecified atom stereocenters. The highest BCUT2D eigenvalue weighted by Gasteiger charge is 1.88. The Hall–Kier alpha value is -0.630. The molecule has 0 fully saturated rings. The third-order valence-corrected chi connectivity index (χ3v) is 0.862. The van der Waals surface area contributed by atoms with E-state index < -0.39 is 0 Å². The van der Waals surface area contributed by atoms with Gasteiger partial charge in [0.1, 0.15) is 13.2 Å². The number of halogens is 1. The van der Waals surface area contributed by atoms with Crippen LogP contribution in [-0.4, -0.2) is 33.0 Å². The van der Waals surface area contributed by atoms with Crippen LogP contribution in [0.1, 0.15) is 0 Å². The van der Waals surface area contributed by atoms with Gasteiger partial charge in [-0.05, 0) is 4.53 Å². The van der Waals surface area contributed by atoms with E-state index in [1.807, 2.05) is 0 Å². The lowest BCUT2D eigenvalue weighted by Crippen LogP contribution is -2.07. The van der Waals surface area contributed by atoms with E-state index in [9.17, 15) is 4.53 Å². The van der Waals surface area contributed by atoms with E-state index in [-0.39, 0.29) is 19.8 Å². The minimum Gasteiger partial charge on any atom is -0.377 e. The predicted octanol–water partition coefficient (Wildman–Crippen LogP) is 0.554. The molecule has 0 aromatic rings. The Morgan fingerprint density at radius 1 is 1.09 bits per heavy atom. The lowest BCUT2D eigenvalue weighted by atomic mass is 10.7. The summed E-state index contributed by atoms with van der Waals surface area (Å²) in [6.45, 7) is 1.30. The van der Waals surface area contributed by atoms with Crippen molar-refractivity contribution in [1.82, 2.24) is 0 Å². The maximum absolute atomic E-state index is 11.0. The van der Waals surface area contributed by atoms with E-state index in [4.69, 9.17) is 15.9 Å². The predicted molar refractivity (Wildman–Crippen MR) is 37.5 cm³/mol. The molecule has 0 aliphatic rings. The van der Waals surface area contributed by atoms with Gasteiger partial charge in [0.15, 0.2) is 0 Å². The summed E-state index contributed by atoms with van der Waals surface area (Å²) in [6, 6.07) is 0. The third kappa shape index (κ3) is 9.37. The van der Waals surface area contributed by atoms with E-state index >= 15 is 0 Å². The zero-order valence-electron chi connectivity index (χ0n) is 6.22. The molecule has 0 atom stereocenters. The first-order valence-corrected chi connectivity index (χ1v) is 3.24. The summed E-state index contributed by atoms with van der Waals surface area (Å²) in [7, 11) is 0. The summed E-state index contributed by atoms with van der Waals surface area (Å²) >= 11 is 0. The van der Waals surface area contributed by atoms with Gasteiger partial charge in [-0.3, -0.25) is 0 Å².